The fourth-order valence-electron chi connectivity index (χ4n) is 1.96. The van der Waals surface area contributed by atoms with Gasteiger partial charge in [-0.3, -0.25) is 9.59 Å². The number of ketones is 1. The van der Waals surface area contributed by atoms with Gasteiger partial charge in [-0.25, -0.2) is 0 Å². The van der Waals surface area contributed by atoms with Gasteiger partial charge in [-0.1, -0.05) is 24.3 Å². The van der Waals surface area contributed by atoms with Gasteiger partial charge in [0.2, 0.25) is 0 Å². The zero-order valence-corrected chi connectivity index (χ0v) is 11.0. The number of rotatable bonds is 5. The molecule has 0 amide bonds. The number of ether oxygens (including phenoxy) is 1. The van der Waals surface area contributed by atoms with Gasteiger partial charge in [0.1, 0.15) is 5.75 Å². The van der Waals surface area contributed by atoms with E-state index in [-0.39, 0.29) is 12.2 Å². The smallest absolute Gasteiger partial charge is 0.307 e. The number of carboxylic acid groups (broad SMARTS) is 1. The molecule has 2 rings (SSSR count). The summed E-state index contributed by atoms with van der Waals surface area (Å²) in [6, 6.07) is 13.5. The molecule has 4 heteroatoms. The van der Waals surface area contributed by atoms with Crippen LogP contribution in [0.3, 0.4) is 0 Å². The number of methoxy groups -OCH3 is 1. The van der Waals surface area contributed by atoms with Crippen molar-refractivity contribution in [2.45, 2.75) is 6.42 Å². The van der Waals surface area contributed by atoms with E-state index in [4.69, 9.17) is 9.84 Å². The minimum Gasteiger partial charge on any atom is -0.497 e. The second-order valence-electron chi connectivity index (χ2n) is 4.29. The standard InChI is InChI=1S/C16H14O4/c1-20-13-8-6-11(7-9-13)16(19)14-5-3-2-4-12(14)10-15(17)18/h2-9H,10H2,1H3,(H,17,18). The quantitative estimate of drug-likeness (QED) is 0.848. The van der Waals surface area contributed by atoms with E-state index in [1.165, 1.54) is 0 Å². The van der Waals surface area contributed by atoms with Gasteiger partial charge in [-0.15, -0.1) is 0 Å². The lowest BCUT2D eigenvalue weighted by Crippen LogP contribution is -2.09. The van der Waals surface area contributed by atoms with Crippen molar-refractivity contribution in [3.63, 3.8) is 0 Å². The Labute approximate surface area is 116 Å². The van der Waals surface area contributed by atoms with Gasteiger partial charge in [0.05, 0.1) is 13.5 Å². The van der Waals surface area contributed by atoms with Gasteiger partial charge in [0.15, 0.2) is 5.78 Å². The number of carbonyl (C=O) groups is 2. The van der Waals surface area contributed by atoms with Crippen LogP contribution in [0.5, 0.6) is 5.75 Å². The lowest BCUT2D eigenvalue weighted by Gasteiger charge is -2.07. The predicted octanol–water partition coefficient (Wildman–Crippen LogP) is 2.55. The van der Waals surface area contributed by atoms with E-state index < -0.39 is 5.97 Å². The van der Waals surface area contributed by atoms with E-state index in [0.29, 0.717) is 22.4 Å². The van der Waals surface area contributed by atoms with E-state index in [9.17, 15) is 9.59 Å². The highest BCUT2D eigenvalue weighted by atomic mass is 16.5. The molecule has 1 N–H and O–H groups in total. The lowest BCUT2D eigenvalue weighted by molar-refractivity contribution is -0.136. The van der Waals surface area contributed by atoms with E-state index in [1.54, 1.807) is 55.6 Å². The van der Waals surface area contributed by atoms with Crippen LogP contribution < -0.4 is 4.74 Å². The third-order valence-corrected chi connectivity index (χ3v) is 2.96. The minimum atomic E-state index is -0.958. The molecular weight excluding hydrogens is 256 g/mol. The summed E-state index contributed by atoms with van der Waals surface area (Å²) < 4.78 is 5.04. The van der Waals surface area contributed by atoms with Gasteiger partial charge < -0.3 is 9.84 Å². The van der Waals surface area contributed by atoms with Crippen LogP contribution in [0.15, 0.2) is 48.5 Å². The average molecular weight is 270 g/mol. The van der Waals surface area contributed by atoms with Crippen LogP contribution in [0.1, 0.15) is 21.5 Å². The second-order valence-corrected chi connectivity index (χ2v) is 4.29. The number of hydrogen-bond donors (Lipinski definition) is 1. The summed E-state index contributed by atoms with van der Waals surface area (Å²) in [5.74, 6) is -0.482. The van der Waals surface area contributed by atoms with Crippen molar-refractivity contribution in [3.8, 4) is 5.75 Å². The molecule has 0 fully saturated rings. The third kappa shape index (κ3) is 3.03. The summed E-state index contributed by atoms with van der Waals surface area (Å²) in [7, 11) is 1.55. The van der Waals surface area contributed by atoms with Crippen LogP contribution >= 0.6 is 0 Å². The molecule has 0 aliphatic rings. The molecule has 0 aliphatic carbocycles. The molecule has 0 aromatic heterocycles. The summed E-state index contributed by atoms with van der Waals surface area (Å²) >= 11 is 0. The van der Waals surface area contributed by atoms with Gasteiger partial charge in [0, 0.05) is 11.1 Å². The highest BCUT2D eigenvalue weighted by Gasteiger charge is 2.14. The summed E-state index contributed by atoms with van der Waals surface area (Å²) in [6.45, 7) is 0. The maximum Gasteiger partial charge on any atom is 0.307 e. The maximum atomic E-state index is 12.4. The number of aliphatic carboxylic acids is 1. The first-order valence-corrected chi connectivity index (χ1v) is 6.10. The topological polar surface area (TPSA) is 63.6 Å². The zero-order chi connectivity index (χ0) is 14.5. The summed E-state index contributed by atoms with van der Waals surface area (Å²) in [4.78, 5) is 23.3. The molecule has 0 saturated heterocycles. The summed E-state index contributed by atoms with van der Waals surface area (Å²) in [5, 5.41) is 8.88. The van der Waals surface area contributed by atoms with Gasteiger partial charge >= 0.3 is 5.97 Å². The highest BCUT2D eigenvalue weighted by molar-refractivity contribution is 6.10. The number of benzene rings is 2. The fraction of sp³-hybridized carbons (Fsp3) is 0.125. The van der Waals surface area contributed by atoms with Crippen LogP contribution in [-0.2, 0) is 11.2 Å². The second kappa shape index (κ2) is 6.02. The number of carbonyl (C=O) groups excluding carboxylic acids is 1. The van der Waals surface area contributed by atoms with Crippen molar-refractivity contribution >= 4 is 11.8 Å². The number of carboxylic acids is 1. The molecule has 0 atom stereocenters. The van der Waals surface area contributed by atoms with E-state index in [0.717, 1.165) is 0 Å². The maximum absolute atomic E-state index is 12.4. The lowest BCUT2D eigenvalue weighted by atomic mass is 9.96. The van der Waals surface area contributed by atoms with Crippen molar-refractivity contribution in [3.05, 3.63) is 65.2 Å². The summed E-state index contributed by atoms with van der Waals surface area (Å²) in [6.07, 6.45) is -0.169. The van der Waals surface area contributed by atoms with E-state index >= 15 is 0 Å². The van der Waals surface area contributed by atoms with Crippen LogP contribution in [0.2, 0.25) is 0 Å². The minimum absolute atomic E-state index is 0.169. The van der Waals surface area contributed by atoms with Crippen LogP contribution in [-0.4, -0.2) is 24.0 Å². The predicted molar refractivity (Wildman–Crippen MR) is 74.2 cm³/mol. The molecule has 0 spiro atoms. The van der Waals surface area contributed by atoms with E-state index in [1.807, 2.05) is 0 Å². The first kappa shape index (κ1) is 13.8. The van der Waals surface area contributed by atoms with Crippen molar-refractivity contribution in [2.24, 2.45) is 0 Å². The molecule has 20 heavy (non-hydrogen) atoms. The Hall–Kier alpha value is -2.62. The van der Waals surface area contributed by atoms with Crippen molar-refractivity contribution in [1.29, 1.82) is 0 Å². The molecule has 0 aliphatic heterocycles. The van der Waals surface area contributed by atoms with Gasteiger partial charge in [0.25, 0.3) is 0 Å². The third-order valence-electron chi connectivity index (χ3n) is 2.96. The van der Waals surface area contributed by atoms with Crippen molar-refractivity contribution < 1.29 is 19.4 Å². The molecule has 0 saturated carbocycles. The first-order chi connectivity index (χ1) is 9.61. The molecule has 0 unspecified atom stereocenters. The Morgan fingerprint density at radius 2 is 1.70 bits per heavy atom. The molecule has 2 aromatic rings. The van der Waals surface area contributed by atoms with Crippen molar-refractivity contribution in [2.75, 3.05) is 7.11 Å². The average Bonchev–Trinajstić information content (AvgIpc) is 2.46. The molecular formula is C16H14O4. The molecule has 102 valence electrons. The normalized spacial score (nSPS) is 10.1. The zero-order valence-electron chi connectivity index (χ0n) is 11.0. The molecule has 0 heterocycles. The van der Waals surface area contributed by atoms with Gasteiger partial charge in [-0.2, -0.15) is 0 Å². The molecule has 0 bridgehead atoms. The number of hydrogen-bond acceptors (Lipinski definition) is 3. The van der Waals surface area contributed by atoms with Gasteiger partial charge in [-0.05, 0) is 29.8 Å². The Bertz CT molecular complexity index is 629. The summed E-state index contributed by atoms with van der Waals surface area (Å²) in [5.41, 5.74) is 1.43. The molecule has 0 radical (unpaired) electrons. The SMILES string of the molecule is COc1ccc(C(=O)c2ccccc2CC(=O)O)cc1. The highest BCUT2D eigenvalue weighted by Crippen LogP contribution is 2.18. The van der Waals surface area contributed by atoms with Crippen LogP contribution in [0, 0.1) is 0 Å². The molecule has 2 aromatic carbocycles. The first-order valence-electron chi connectivity index (χ1n) is 6.10. The van der Waals surface area contributed by atoms with E-state index in [2.05, 4.69) is 0 Å². The largest absolute Gasteiger partial charge is 0.497 e. The van der Waals surface area contributed by atoms with Crippen molar-refractivity contribution in [1.82, 2.24) is 0 Å². The Morgan fingerprint density at radius 3 is 2.30 bits per heavy atom. The fourth-order valence-corrected chi connectivity index (χ4v) is 1.96. The Kier molecular flexibility index (Phi) is 4.15. The molecule has 4 nitrogen and oxygen atoms in total. The monoisotopic (exact) mass is 270 g/mol. The Morgan fingerprint density at radius 1 is 1.05 bits per heavy atom. The van der Waals surface area contributed by atoms with Crippen LogP contribution in [0.25, 0.3) is 0 Å². The Balaban J connectivity index is 2.34. The van der Waals surface area contributed by atoms with Crippen LogP contribution in [0.4, 0.5) is 0 Å².